The van der Waals surface area contributed by atoms with E-state index in [2.05, 4.69) is 50.2 Å². The lowest BCUT2D eigenvalue weighted by Gasteiger charge is -2.16. The van der Waals surface area contributed by atoms with Gasteiger partial charge in [0.25, 0.3) is 0 Å². The van der Waals surface area contributed by atoms with Crippen molar-refractivity contribution in [2.75, 3.05) is 20.6 Å². The van der Waals surface area contributed by atoms with Gasteiger partial charge in [0.05, 0.1) is 5.69 Å². The maximum Gasteiger partial charge on any atom is 0.0641 e. The van der Waals surface area contributed by atoms with Crippen LogP contribution < -0.4 is 5.32 Å². The molecule has 0 spiro atoms. The van der Waals surface area contributed by atoms with Crippen LogP contribution in [0.1, 0.15) is 30.3 Å². The molecular weight excluding hydrogens is 212 g/mol. The molecule has 1 rings (SSSR count). The van der Waals surface area contributed by atoms with Crippen LogP contribution in [-0.4, -0.2) is 41.4 Å². The summed E-state index contributed by atoms with van der Waals surface area (Å²) in [7, 11) is 6.23. The molecule has 1 aromatic rings. The maximum atomic E-state index is 4.43. The van der Waals surface area contributed by atoms with Crippen LogP contribution in [0.3, 0.4) is 0 Å². The van der Waals surface area contributed by atoms with Crippen molar-refractivity contribution in [3.05, 3.63) is 17.0 Å². The molecule has 4 heteroatoms. The molecule has 0 aromatic carbocycles. The first-order valence-corrected chi connectivity index (χ1v) is 6.29. The quantitative estimate of drug-likeness (QED) is 0.814. The summed E-state index contributed by atoms with van der Waals surface area (Å²) in [6.07, 6.45) is 1.17. The summed E-state index contributed by atoms with van der Waals surface area (Å²) < 4.78 is 1.96. The second kappa shape index (κ2) is 6.17. The molecule has 0 saturated carbocycles. The summed E-state index contributed by atoms with van der Waals surface area (Å²) in [4.78, 5) is 2.22. The lowest BCUT2D eigenvalue weighted by molar-refractivity contribution is 0.365. The number of aryl methyl sites for hydroxylation is 2. The molecule has 0 aliphatic rings. The zero-order valence-corrected chi connectivity index (χ0v) is 12.0. The Morgan fingerprint density at radius 2 is 2.00 bits per heavy atom. The predicted octanol–water partition coefficient (Wildman–Crippen LogP) is 1.47. The lowest BCUT2D eigenvalue weighted by atomic mass is 10.1. The van der Waals surface area contributed by atoms with Crippen molar-refractivity contribution in [3.63, 3.8) is 0 Å². The molecule has 0 amide bonds. The van der Waals surface area contributed by atoms with Crippen LogP contribution >= 0.6 is 0 Å². The van der Waals surface area contributed by atoms with Gasteiger partial charge in [0.15, 0.2) is 0 Å². The second-order valence-electron chi connectivity index (χ2n) is 5.15. The highest BCUT2D eigenvalue weighted by Gasteiger charge is 2.10. The van der Waals surface area contributed by atoms with E-state index in [1.54, 1.807) is 0 Å². The minimum absolute atomic E-state index is 0.538. The van der Waals surface area contributed by atoms with Gasteiger partial charge in [0.2, 0.25) is 0 Å². The van der Waals surface area contributed by atoms with Crippen molar-refractivity contribution in [1.29, 1.82) is 0 Å². The second-order valence-corrected chi connectivity index (χ2v) is 5.15. The zero-order chi connectivity index (χ0) is 13.0. The van der Waals surface area contributed by atoms with Crippen molar-refractivity contribution < 1.29 is 0 Å². The van der Waals surface area contributed by atoms with Gasteiger partial charge in [-0.1, -0.05) is 0 Å². The molecule has 98 valence electrons. The molecule has 1 heterocycles. The molecule has 0 radical (unpaired) electrons. The first-order valence-electron chi connectivity index (χ1n) is 6.29. The molecule has 17 heavy (non-hydrogen) atoms. The molecule has 1 N–H and O–H groups in total. The van der Waals surface area contributed by atoms with Crippen LogP contribution in [0.2, 0.25) is 0 Å². The van der Waals surface area contributed by atoms with Gasteiger partial charge in [-0.05, 0) is 47.8 Å². The summed E-state index contributed by atoms with van der Waals surface area (Å²) >= 11 is 0. The van der Waals surface area contributed by atoms with Crippen molar-refractivity contribution in [1.82, 2.24) is 20.0 Å². The summed E-state index contributed by atoms with van der Waals surface area (Å²) in [6, 6.07) is 0.538. The fourth-order valence-corrected chi connectivity index (χ4v) is 1.90. The zero-order valence-electron chi connectivity index (χ0n) is 12.0. The van der Waals surface area contributed by atoms with E-state index in [0.29, 0.717) is 6.04 Å². The van der Waals surface area contributed by atoms with E-state index < -0.39 is 0 Å². The summed E-state index contributed by atoms with van der Waals surface area (Å²) in [5.41, 5.74) is 3.73. The Labute approximate surface area is 105 Å². The minimum Gasteiger partial charge on any atom is -0.310 e. The highest BCUT2D eigenvalue weighted by molar-refractivity contribution is 5.24. The van der Waals surface area contributed by atoms with E-state index in [0.717, 1.165) is 18.8 Å². The SMILES string of the molecule is Cc1nn(C)c(C)c1CNC(C)CCN(C)C. The van der Waals surface area contributed by atoms with E-state index in [1.165, 1.54) is 17.7 Å². The van der Waals surface area contributed by atoms with Gasteiger partial charge in [-0.3, -0.25) is 4.68 Å². The standard InChI is InChI=1S/C13H26N4/c1-10(7-8-16(4)5)14-9-13-11(2)15-17(6)12(13)3/h10,14H,7-9H2,1-6H3. The highest BCUT2D eigenvalue weighted by atomic mass is 15.3. The van der Waals surface area contributed by atoms with Crippen molar-refractivity contribution in [2.45, 2.75) is 39.8 Å². The molecule has 0 bridgehead atoms. The van der Waals surface area contributed by atoms with Crippen molar-refractivity contribution in [2.24, 2.45) is 7.05 Å². The normalized spacial score (nSPS) is 13.4. The van der Waals surface area contributed by atoms with E-state index in [9.17, 15) is 0 Å². The van der Waals surface area contributed by atoms with Gasteiger partial charge in [0.1, 0.15) is 0 Å². The third-order valence-corrected chi connectivity index (χ3v) is 3.30. The Morgan fingerprint density at radius 1 is 1.35 bits per heavy atom. The summed E-state index contributed by atoms with van der Waals surface area (Å²) in [6.45, 7) is 8.49. The first kappa shape index (κ1) is 14.2. The van der Waals surface area contributed by atoms with Crippen LogP contribution in [0, 0.1) is 13.8 Å². The minimum atomic E-state index is 0.538. The number of hydrogen-bond donors (Lipinski definition) is 1. The topological polar surface area (TPSA) is 33.1 Å². The van der Waals surface area contributed by atoms with Gasteiger partial charge < -0.3 is 10.2 Å². The molecule has 0 saturated heterocycles. The monoisotopic (exact) mass is 238 g/mol. The number of nitrogens with zero attached hydrogens (tertiary/aromatic N) is 3. The Hall–Kier alpha value is -0.870. The van der Waals surface area contributed by atoms with Gasteiger partial charge >= 0.3 is 0 Å². The maximum absolute atomic E-state index is 4.43. The molecule has 1 unspecified atom stereocenters. The van der Waals surface area contributed by atoms with Crippen LogP contribution in [-0.2, 0) is 13.6 Å². The number of nitrogens with one attached hydrogen (secondary N) is 1. The molecule has 0 aliphatic heterocycles. The van der Waals surface area contributed by atoms with Crippen LogP contribution in [0.15, 0.2) is 0 Å². The van der Waals surface area contributed by atoms with Gasteiger partial charge in [0, 0.05) is 30.9 Å². The average Bonchev–Trinajstić information content (AvgIpc) is 2.48. The van der Waals surface area contributed by atoms with Crippen molar-refractivity contribution in [3.8, 4) is 0 Å². The third-order valence-electron chi connectivity index (χ3n) is 3.30. The highest BCUT2D eigenvalue weighted by Crippen LogP contribution is 2.11. The van der Waals surface area contributed by atoms with E-state index in [-0.39, 0.29) is 0 Å². The molecule has 1 atom stereocenters. The van der Waals surface area contributed by atoms with E-state index in [4.69, 9.17) is 0 Å². The fourth-order valence-electron chi connectivity index (χ4n) is 1.90. The van der Waals surface area contributed by atoms with Crippen LogP contribution in [0.25, 0.3) is 0 Å². The fraction of sp³-hybridized carbons (Fsp3) is 0.769. The number of aromatic nitrogens is 2. The lowest BCUT2D eigenvalue weighted by Crippen LogP contribution is -2.29. The smallest absolute Gasteiger partial charge is 0.0641 e. The van der Waals surface area contributed by atoms with Crippen LogP contribution in [0.4, 0.5) is 0 Å². The molecular formula is C13H26N4. The molecule has 0 fully saturated rings. The molecule has 0 aliphatic carbocycles. The van der Waals surface area contributed by atoms with Crippen LogP contribution in [0.5, 0.6) is 0 Å². The third kappa shape index (κ3) is 4.13. The Balaban J connectivity index is 2.44. The molecule has 1 aromatic heterocycles. The predicted molar refractivity (Wildman–Crippen MR) is 72.2 cm³/mol. The Bertz CT molecular complexity index is 355. The van der Waals surface area contributed by atoms with Gasteiger partial charge in [-0.15, -0.1) is 0 Å². The van der Waals surface area contributed by atoms with Gasteiger partial charge in [-0.2, -0.15) is 5.10 Å². The first-order chi connectivity index (χ1) is 7.91. The largest absolute Gasteiger partial charge is 0.310 e. The summed E-state index contributed by atoms with van der Waals surface area (Å²) in [5, 5.41) is 8.00. The number of hydrogen-bond acceptors (Lipinski definition) is 3. The van der Waals surface area contributed by atoms with Crippen molar-refractivity contribution >= 4 is 0 Å². The average molecular weight is 238 g/mol. The van der Waals surface area contributed by atoms with E-state index >= 15 is 0 Å². The molecule has 4 nitrogen and oxygen atoms in total. The van der Waals surface area contributed by atoms with Gasteiger partial charge in [-0.25, -0.2) is 0 Å². The van der Waals surface area contributed by atoms with E-state index in [1.807, 2.05) is 11.7 Å². The summed E-state index contributed by atoms with van der Waals surface area (Å²) in [5.74, 6) is 0. The number of rotatable bonds is 6. The Morgan fingerprint density at radius 3 is 2.47 bits per heavy atom. The Kier molecular flexibility index (Phi) is 5.15.